The van der Waals surface area contributed by atoms with Gasteiger partial charge in [-0.05, 0) is 42.7 Å². The third-order valence-electron chi connectivity index (χ3n) is 6.86. The van der Waals surface area contributed by atoms with Crippen molar-refractivity contribution >= 4 is 11.8 Å². The molecular formula is C34H36O4S. The number of hydrogen-bond donors (Lipinski definition) is 0. The quantitative estimate of drug-likeness (QED) is 0.196. The van der Waals surface area contributed by atoms with Crippen molar-refractivity contribution in [1.29, 1.82) is 0 Å². The van der Waals surface area contributed by atoms with Crippen molar-refractivity contribution in [3.63, 3.8) is 0 Å². The monoisotopic (exact) mass is 540 g/mol. The van der Waals surface area contributed by atoms with Crippen LogP contribution in [-0.4, -0.2) is 29.9 Å². The highest BCUT2D eigenvalue weighted by atomic mass is 32.2. The molecule has 0 aliphatic carbocycles. The zero-order chi connectivity index (χ0) is 26.9. The molecule has 0 spiro atoms. The minimum Gasteiger partial charge on any atom is -0.368 e. The molecule has 0 radical (unpaired) electrons. The summed E-state index contributed by atoms with van der Waals surface area (Å²) >= 11 is 1.68. The Hall–Kier alpha value is -2.93. The maximum absolute atomic E-state index is 6.69. The summed E-state index contributed by atoms with van der Waals surface area (Å²) in [4.78, 5) is 1.14. The van der Waals surface area contributed by atoms with Gasteiger partial charge in [0.05, 0.1) is 25.9 Å². The molecule has 1 fully saturated rings. The van der Waals surface area contributed by atoms with Gasteiger partial charge in [0.2, 0.25) is 0 Å². The second-order valence-corrected chi connectivity index (χ2v) is 11.1. The van der Waals surface area contributed by atoms with Crippen LogP contribution in [0.5, 0.6) is 0 Å². The van der Waals surface area contributed by atoms with Crippen LogP contribution in [0.2, 0.25) is 0 Å². The number of rotatable bonds is 11. The first-order chi connectivity index (χ1) is 19.2. The number of ether oxygens (including phenoxy) is 4. The van der Waals surface area contributed by atoms with Crippen LogP contribution in [0.4, 0.5) is 0 Å². The van der Waals surface area contributed by atoms with Gasteiger partial charge < -0.3 is 18.9 Å². The summed E-state index contributed by atoms with van der Waals surface area (Å²) in [5.41, 5.74) is 4.31. The van der Waals surface area contributed by atoms with Gasteiger partial charge in [0, 0.05) is 4.90 Å². The summed E-state index contributed by atoms with van der Waals surface area (Å²) in [7, 11) is 0. The van der Waals surface area contributed by atoms with E-state index in [1.165, 1.54) is 5.56 Å². The molecule has 4 aromatic rings. The molecular weight excluding hydrogens is 504 g/mol. The smallest absolute Gasteiger partial charge is 0.136 e. The Labute approximate surface area is 236 Å². The maximum Gasteiger partial charge on any atom is 0.136 e. The van der Waals surface area contributed by atoms with Gasteiger partial charge in [-0.15, -0.1) is 0 Å². The Bertz CT molecular complexity index is 1250. The molecule has 1 saturated heterocycles. The minimum absolute atomic E-state index is 0.186. The highest BCUT2D eigenvalue weighted by Crippen LogP contribution is 2.38. The van der Waals surface area contributed by atoms with E-state index in [0.717, 1.165) is 21.6 Å². The maximum atomic E-state index is 6.69. The van der Waals surface area contributed by atoms with Crippen LogP contribution in [0, 0.1) is 6.92 Å². The lowest BCUT2D eigenvalue weighted by atomic mass is 9.99. The zero-order valence-electron chi connectivity index (χ0n) is 22.5. The molecule has 0 N–H and O–H groups in total. The summed E-state index contributed by atoms with van der Waals surface area (Å²) in [6.07, 6.45) is -1.17. The van der Waals surface area contributed by atoms with E-state index in [4.69, 9.17) is 18.9 Å². The molecule has 1 aliphatic rings. The van der Waals surface area contributed by atoms with E-state index in [1.54, 1.807) is 11.8 Å². The largest absolute Gasteiger partial charge is 0.368 e. The van der Waals surface area contributed by atoms with Gasteiger partial charge in [-0.3, -0.25) is 0 Å². The Kier molecular flexibility index (Phi) is 9.86. The third-order valence-corrected chi connectivity index (χ3v) is 8.01. The van der Waals surface area contributed by atoms with Gasteiger partial charge in [0.1, 0.15) is 23.7 Å². The molecule has 5 rings (SSSR count). The molecule has 0 bridgehead atoms. The molecule has 0 amide bonds. The predicted molar refractivity (Wildman–Crippen MR) is 156 cm³/mol. The molecule has 0 saturated carbocycles. The highest BCUT2D eigenvalue weighted by molar-refractivity contribution is 7.99. The third kappa shape index (κ3) is 7.81. The zero-order valence-corrected chi connectivity index (χ0v) is 23.3. The number of hydrogen-bond acceptors (Lipinski definition) is 5. The topological polar surface area (TPSA) is 36.9 Å². The van der Waals surface area contributed by atoms with Crippen LogP contribution in [0.1, 0.15) is 29.2 Å². The van der Waals surface area contributed by atoms with Gasteiger partial charge in [-0.2, -0.15) is 0 Å². The van der Waals surface area contributed by atoms with E-state index in [2.05, 4.69) is 74.5 Å². The predicted octanol–water partition coefficient (Wildman–Crippen LogP) is 7.59. The fourth-order valence-electron chi connectivity index (χ4n) is 4.71. The Morgan fingerprint density at radius 3 is 1.49 bits per heavy atom. The standard InChI is InChI=1S/C34H36O4S/c1-25-18-20-30(21-19-25)39-34-33(37-24-29-16-10-5-11-17-29)32(36-23-28-14-8-4-9-15-28)31(26(2)38-34)35-22-27-12-6-3-7-13-27/h3-21,26,31-34H,22-24H2,1-2H3/t26-,31+,32+,33-,34+/m0/s1. The van der Waals surface area contributed by atoms with Crippen molar-refractivity contribution in [2.75, 3.05) is 0 Å². The fraction of sp³-hybridized carbons (Fsp3) is 0.294. The summed E-state index contributed by atoms with van der Waals surface area (Å²) in [5, 5.41) is 0. The van der Waals surface area contributed by atoms with E-state index in [9.17, 15) is 0 Å². The van der Waals surface area contributed by atoms with E-state index < -0.39 is 0 Å². The van der Waals surface area contributed by atoms with E-state index in [1.807, 2.05) is 54.6 Å². The van der Waals surface area contributed by atoms with Gasteiger partial charge in [0.25, 0.3) is 0 Å². The summed E-state index contributed by atoms with van der Waals surface area (Å²) in [6, 6.07) is 39.3. The van der Waals surface area contributed by atoms with Gasteiger partial charge >= 0.3 is 0 Å². The molecule has 4 aromatic carbocycles. The lowest BCUT2D eigenvalue weighted by Gasteiger charge is -2.45. The molecule has 4 nitrogen and oxygen atoms in total. The Balaban J connectivity index is 1.42. The minimum atomic E-state index is -0.350. The summed E-state index contributed by atoms with van der Waals surface area (Å²) < 4.78 is 26.5. The SMILES string of the molecule is Cc1ccc(S[C@H]2O[C@@H](C)[C@@H](OCc3ccccc3)[C@@H](OCc3ccccc3)[C@@H]2OCc2ccccc2)cc1. The molecule has 202 valence electrons. The second kappa shape index (κ2) is 13.9. The fourth-order valence-corrected chi connectivity index (χ4v) is 5.87. The van der Waals surface area contributed by atoms with Crippen molar-refractivity contribution in [3.8, 4) is 0 Å². The molecule has 0 aromatic heterocycles. The summed E-state index contributed by atoms with van der Waals surface area (Å²) in [6.45, 7) is 5.58. The van der Waals surface area contributed by atoms with Crippen LogP contribution in [-0.2, 0) is 38.8 Å². The average molecular weight is 541 g/mol. The highest BCUT2D eigenvalue weighted by Gasteiger charge is 2.47. The number of benzene rings is 4. The summed E-state index contributed by atoms with van der Waals surface area (Å²) in [5.74, 6) is 0. The average Bonchev–Trinajstić information content (AvgIpc) is 2.98. The van der Waals surface area contributed by atoms with Crippen LogP contribution in [0.3, 0.4) is 0 Å². The van der Waals surface area contributed by atoms with Gasteiger partial charge in [0.15, 0.2) is 0 Å². The molecule has 1 heterocycles. The second-order valence-electron chi connectivity index (χ2n) is 9.92. The normalized spacial score (nSPS) is 23.0. The van der Waals surface area contributed by atoms with Crippen LogP contribution >= 0.6 is 11.8 Å². The number of thioether (sulfide) groups is 1. The lowest BCUT2D eigenvalue weighted by molar-refractivity contribution is -0.242. The van der Waals surface area contributed by atoms with E-state index >= 15 is 0 Å². The molecule has 0 unspecified atom stereocenters. The van der Waals surface area contributed by atoms with Crippen molar-refractivity contribution in [2.45, 2.75) is 68.4 Å². The first-order valence-electron chi connectivity index (χ1n) is 13.5. The molecule has 39 heavy (non-hydrogen) atoms. The van der Waals surface area contributed by atoms with Crippen LogP contribution in [0.25, 0.3) is 0 Å². The van der Waals surface area contributed by atoms with E-state index in [-0.39, 0.29) is 29.9 Å². The van der Waals surface area contributed by atoms with E-state index in [0.29, 0.717) is 19.8 Å². The Morgan fingerprint density at radius 1 is 0.564 bits per heavy atom. The van der Waals surface area contributed by atoms with Gasteiger partial charge in [-0.25, -0.2) is 0 Å². The number of aryl methyl sites for hydroxylation is 1. The molecule has 5 heteroatoms. The lowest BCUT2D eigenvalue weighted by Crippen LogP contribution is -2.58. The Morgan fingerprint density at radius 2 is 1.00 bits per heavy atom. The first kappa shape index (κ1) is 27.6. The van der Waals surface area contributed by atoms with Crippen molar-refractivity contribution in [3.05, 3.63) is 138 Å². The van der Waals surface area contributed by atoms with Crippen molar-refractivity contribution in [1.82, 2.24) is 0 Å². The van der Waals surface area contributed by atoms with Crippen LogP contribution in [0.15, 0.2) is 120 Å². The van der Waals surface area contributed by atoms with Crippen molar-refractivity contribution in [2.24, 2.45) is 0 Å². The first-order valence-corrected chi connectivity index (χ1v) is 14.4. The van der Waals surface area contributed by atoms with Crippen LogP contribution < -0.4 is 0 Å². The molecule has 1 aliphatic heterocycles. The molecule has 5 atom stereocenters. The van der Waals surface area contributed by atoms with Crippen molar-refractivity contribution < 1.29 is 18.9 Å². The van der Waals surface area contributed by atoms with Gasteiger partial charge in [-0.1, -0.05) is 120 Å².